The largest absolute Gasteiger partial charge is 0.326 e. The molecule has 0 saturated carbocycles. The summed E-state index contributed by atoms with van der Waals surface area (Å²) in [6, 6.07) is 12.7. The lowest BCUT2D eigenvalue weighted by Crippen LogP contribution is -2.07. The molecule has 0 unspecified atom stereocenters. The second-order valence-electron chi connectivity index (χ2n) is 5.84. The molecule has 3 aromatic rings. The second kappa shape index (κ2) is 8.13. The SMILES string of the molecule is CC(=O)Nc1ccc(C(=O)CSc2nnc(-c3ccc(F)cc3)n2C)cc1. The van der Waals surface area contributed by atoms with Gasteiger partial charge in [0, 0.05) is 30.8 Å². The highest BCUT2D eigenvalue weighted by Crippen LogP contribution is 2.23. The number of ketones is 1. The molecule has 0 spiro atoms. The summed E-state index contributed by atoms with van der Waals surface area (Å²) < 4.78 is 14.8. The van der Waals surface area contributed by atoms with E-state index in [9.17, 15) is 14.0 Å². The molecule has 6 nitrogen and oxygen atoms in total. The molecule has 1 heterocycles. The van der Waals surface area contributed by atoms with Gasteiger partial charge < -0.3 is 9.88 Å². The molecule has 1 amide bonds. The number of carbonyl (C=O) groups excluding carboxylic acids is 2. The number of anilines is 1. The summed E-state index contributed by atoms with van der Waals surface area (Å²) in [6.07, 6.45) is 0. The maximum atomic E-state index is 13.1. The molecule has 0 radical (unpaired) electrons. The van der Waals surface area contributed by atoms with Gasteiger partial charge in [-0.3, -0.25) is 9.59 Å². The smallest absolute Gasteiger partial charge is 0.221 e. The Bertz CT molecular complexity index is 968. The van der Waals surface area contributed by atoms with E-state index in [2.05, 4.69) is 15.5 Å². The van der Waals surface area contributed by atoms with E-state index in [4.69, 9.17) is 0 Å². The van der Waals surface area contributed by atoms with Crippen LogP contribution in [-0.2, 0) is 11.8 Å². The van der Waals surface area contributed by atoms with E-state index in [1.807, 2.05) is 0 Å². The second-order valence-corrected chi connectivity index (χ2v) is 6.78. The van der Waals surface area contributed by atoms with Crippen molar-refractivity contribution in [3.63, 3.8) is 0 Å². The van der Waals surface area contributed by atoms with Crippen molar-refractivity contribution in [3.8, 4) is 11.4 Å². The van der Waals surface area contributed by atoms with E-state index < -0.39 is 0 Å². The lowest BCUT2D eigenvalue weighted by atomic mass is 10.1. The van der Waals surface area contributed by atoms with Crippen LogP contribution >= 0.6 is 11.8 Å². The summed E-state index contributed by atoms with van der Waals surface area (Å²) in [6.45, 7) is 1.43. The Hall–Kier alpha value is -3.00. The fourth-order valence-electron chi connectivity index (χ4n) is 2.45. The Morgan fingerprint density at radius 1 is 1.07 bits per heavy atom. The highest BCUT2D eigenvalue weighted by atomic mass is 32.2. The van der Waals surface area contributed by atoms with E-state index in [-0.39, 0.29) is 23.3 Å². The number of hydrogen-bond acceptors (Lipinski definition) is 5. The van der Waals surface area contributed by atoms with Crippen LogP contribution in [0.25, 0.3) is 11.4 Å². The summed E-state index contributed by atoms with van der Waals surface area (Å²) in [4.78, 5) is 23.4. The average Bonchev–Trinajstić information content (AvgIpc) is 3.01. The number of amides is 1. The van der Waals surface area contributed by atoms with Gasteiger partial charge in [0.05, 0.1) is 5.75 Å². The van der Waals surface area contributed by atoms with Crippen molar-refractivity contribution in [2.24, 2.45) is 7.05 Å². The quantitative estimate of drug-likeness (QED) is 0.519. The normalized spacial score (nSPS) is 10.6. The third kappa shape index (κ3) is 4.59. The van der Waals surface area contributed by atoms with Gasteiger partial charge in [-0.1, -0.05) is 11.8 Å². The predicted molar refractivity (Wildman–Crippen MR) is 102 cm³/mol. The van der Waals surface area contributed by atoms with Crippen LogP contribution in [0.4, 0.5) is 10.1 Å². The zero-order valence-electron chi connectivity index (χ0n) is 14.8. The molecule has 27 heavy (non-hydrogen) atoms. The van der Waals surface area contributed by atoms with Crippen LogP contribution in [0.5, 0.6) is 0 Å². The van der Waals surface area contributed by atoms with Crippen LogP contribution < -0.4 is 5.32 Å². The van der Waals surface area contributed by atoms with Crippen LogP contribution in [0.3, 0.4) is 0 Å². The number of hydrogen-bond donors (Lipinski definition) is 1. The number of halogens is 1. The molecule has 2 aromatic carbocycles. The van der Waals surface area contributed by atoms with Gasteiger partial charge in [-0.25, -0.2) is 4.39 Å². The van der Waals surface area contributed by atoms with Crippen molar-refractivity contribution in [3.05, 3.63) is 59.9 Å². The lowest BCUT2D eigenvalue weighted by molar-refractivity contribution is -0.114. The summed E-state index contributed by atoms with van der Waals surface area (Å²) in [7, 11) is 1.80. The highest BCUT2D eigenvalue weighted by Gasteiger charge is 2.14. The number of benzene rings is 2. The van der Waals surface area contributed by atoms with E-state index in [1.165, 1.54) is 30.8 Å². The summed E-state index contributed by atoms with van der Waals surface area (Å²) in [5.41, 5.74) is 1.94. The van der Waals surface area contributed by atoms with Crippen LogP contribution in [0, 0.1) is 5.82 Å². The summed E-state index contributed by atoms with van der Waals surface area (Å²) in [5.74, 6) is 0.273. The maximum absolute atomic E-state index is 13.1. The molecule has 3 rings (SSSR count). The molecular formula is C19H17FN4O2S. The fourth-order valence-corrected chi connectivity index (χ4v) is 3.25. The first-order valence-electron chi connectivity index (χ1n) is 8.13. The molecule has 0 aliphatic rings. The molecule has 0 bridgehead atoms. The molecular weight excluding hydrogens is 367 g/mol. The number of thioether (sulfide) groups is 1. The molecule has 0 aliphatic heterocycles. The highest BCUT2D eigenvalue weighted by molar-refractivity contribution is 7.99. The molecule has 0 aliphatic carbocycles. The van der Waals surface area contributed by atoms with E-state index in [1.54, 1.807) is 48.0 Å². The number of nitrogens with one attached hydrogen (secondary N) is 1. The third-order valence-corrected chi connectivity index (χ3v) is 4.82. The zero-order valence-corrected chi connectivity index (χ0v) is 15.6. The van der Waals surface area contributed by atoms with E-state index in [0.29, 0.717) is 22.2 Å². The van der Waals surface area contributed by atoms with Crippen molar-refractivity contribution in [2.75, 3.05) is 11.1 Å². The van der Waals surface area contributed by atoms with Gasteiger partial charge >= 0.3 is 0 Å². The van der Waals surface area contributed by atoms with Gasteiger partial charge in [0.1, 0.15) is 5.82 Å². The lowest BCUT2D eigenvalue weighted by Gasteiger charge is -2.05. The predicted octanol–water partition coefficient (Wildman–Crippen LogP) is 3.55. The number of rotatable bonds is 6. The minimum Gasteiger partial charge on any atom is -0.326 e. The van der Waals surface area contributed by atoms with Gasteiger partial charge in [0.15, 0.2) is 16.8 Å². The van der Waals surface area contributed by atoms with Crippen LogP contribution in [0.2, 0.25) is 0 Å². The number of nitrogens with zero attached hydrogens (tertiary/aromatic N) is 3. The minimum atomic E-state index is -0.314. The molecule has 0 saturated heterocycles. The van der Waals surface area contributed by atoms with Crippen molar-refractivity contribution in [1.82, 2.24) is 14.8 Å². The van der Waals surface area contributed by atoms with Gasteiger partial charge in [-0.2, -0.15) is 0 Å². The molecule has 1 aromatic heterocycles. The summed E-state index contributed by atoms with van der Waals surface area (Å²) >= 11 is 1.28. The van der Waals surface area contributed by atoms with Crippen LogP contribution in [0.15, 0.2) is 53.7 Å². The Balaban J connectivity index is 1.65. The first kappa shape index (κ1) is 18.8. The Labute approximate surface area is 159 Å². The van der Waals surface area contributed by atoms with Crippen molar-refractivity contribution in [1.29, 1.82) is 0 Å². The Kier molecular flexibility index (Phi) is 5.66. The third-order valence-electron chi connectivity index (χ3n) is 3.80. The zero-order chi connectivity index (χ0) is 19.4. The molecule has 1 N–H and O–H groups in total. The summed E-state index contributed by atoms with van der Waals surface area (Å²) in [5, 5.41) is 11.5. The monoisotopic (exact) mass is 384 g/mol. The number of aromatic nitrogens is 3. The van der Waals surface area contributed by atoms with Gasteiger partial charge in [-0.05, 0) is 48.5 Å². The van der Waals surface area contributed by atoms with Crippen molar-refractivity contribution >= 4 is 29.1 Å². The molecule has 0 atom stereocenters. The van der Waals surface area contributed by atoms with Gasteiger partial charge in [0.2, 0.25) is 5.91 Å². The average molecular weight is 384 g/mol. The van der Waals surface area contributed by atoms with Crippen molar-refractivity contribution in [2.45, 2.75) is 12.1 Å². The molecule has 138 valence electrons. The first-order valence-corrected chi connectivity index (χ1v) is 9.11. The number of carbonyl (C=O) groups is 2. The van der Waals surface area contributed by atoms with E-state index >= 15 is 0 Å². The standard InChI is InChI=1S/C19H17FN4O2S/c1-12(25)21-16-9-5-13(6-10-16)17(26)11-27-19-23-22-18(24(19)2)14-3-7-15(20)8-4-14/h3-10H,11H2,1-2H3,(H,21,25). The maximum Gasteiger partial charge on any atom is 0.221 e. The molecule has 8 heteroatoms. The number of Topliss-reactive ketones (excluding diaryl/α,β-unsaturated/α-hetero) is 1. The van der Waals surface area contributed by atoms with Crippen LogP contribution in [-0.4, -0.2) is 32.2 Å². The Morgan fingerprint density at radius 3 is 2.37 bits per heavy atom. The molecule has 0 fully saturated rings. The fraction of sp³-hybridized carbons (Fsp3) is 0.158. The van der Waals surface area contributed by atoms with Crippen LogP contribution in [0.1, 0.15) is 17.3 Å². The van der Waals surface area contributed by atoms with Gasteiger partial charge in [0.25, 0.3) is 0 Å². The Morgan fingerprint density at radius 2 is 1.74 bits per heavy atom. The minimum absolute atomic E-state index is 0.0549. The first-order chi connectivity index (χ1) is 12.9. The topological polar surface area (TPSA) is 76.9 Å². The van der Waals surface area contributed by atoms with Crippen molar-refractivity contribution < 1.29 is 14.0 Å². The van der Waals surface area contributed by atoms with Gasteiger partial charge in [-0.15, -0.1) is 10.2 Å². The van der Waals surface area contributed by atoms with E-state index in [0.717, 1.165) is 5.56 Å².